The largest absolute Gasteiger partial charge is 0.396 e. The van der Waals surface area contributed by atoms with Crippen LogP contribution in [0.5, 0.6) is 0 Å². The van der Waals surface area contributed by atoms with Crippen molar-refractivity contribution < 1.29 is 14.6 Å². The molecule has 1 aliphatic rings. The standard InChI is InChI=1S/C12H22O3/c1-10(14)11(7-8-13)4-2-5-12-6-3-9-15-12/h11-13H,2-9H2,1H3. The van der Waals surface area contributed by atoms with Gasteiger partial charge in [0.15, 0.2) is 0 Å². The predicted molar refractivity (Wildman–Crippen MR) is 58.7 cm³/mol. The Bertz CT molecular complexity index is 185. The molecule has 2 atom stereocenters. The fourth-order valence-electron chi connectivity index (χ4n) is 2.17. The number of hydrogen-bond acceptors (Lipinski definition) is 3. The Balaban J connectivity index is 2.12. The molecular weight excluding hydrogens is 192 g/mol. The molecule has 1 aliphatic heterocycles. The third kappa shape index (κ3) is 4.76. The molecule has 88 valence electrons. The molecule has 0 spiro atoms. The minimum Gasteiger partial charge on any atom is -0.396 e. The molecule has 1 rings (SSSR count). The van der Waals surface area contributed by atoms with Crippen molar-refractivity contribution in [2.24, 2.45) is 5.92 Å². The van der Waals surface area contributed by atoms with Gasteiger partial charge in [-0.2, -0.15) is 0 Å². The van der Waals surface area contributed by atoms with Gasteiger partial charge in [0.2, 0.25) is 0 Å². The topological polar surface area (TPSA) is 46.5 Å². The highest BCUT2D eigenvalue weighted by Crippen LogP contribution is 2.20. The van der Waals surface area contributed by atoms with Crippen molar-refractivity contribution in [1.82, 2.24) is 0 Å². The highest BCUT2D eigenvalue weighted by molar-refractivity contribution is 5.78. The van der Waals surface area contributed by atoms with Gasteiger partial charge < -0.3 is 9.84 Å². The zero-order chi connectivity index (χ0) is 11.1. The summed E-state index contributed by atoms with van der Waals surface area (Å²) < 4.78 is 5.52. The average Bonchev–Trinajstić information content (AvgIpc) is 2.69. The predicted octanol–water partition coefficient (Wildman–Crippen LogP) is 1.92. The van der Waals surface area contributed by atoms with Crippen LogP contribution >= 0.6 is 0 Å². The van der Waals surface area contributed by atoms with Gasteiger partial charge in [-0.3, -0.25) is 4.79 Å². The lowest BCUT2D eigenvalue weighted by molar-refractivity contribution is -0.121. The van der Waals surface area contributed by atoms with Crippen molar-refractivity contribution in [3.8, 4) is 0 Å². The van der Waals surface area contributed by atoms with Crippen molar-refractivity contribution >= 4 is 5.78 Å². The molecule has 0 aromatic carbocycles. The molecular formula is C12H22O3. The number of carbonyl (C=O) groups excluding carboxylic acids is 1. The van der Waals surface area contributed by atoms with Crippen molar-refractivity contribution in [1.29, 1.82) is 0 Å². The first-order chi connectivity index (χ1) is 7.24. The van der Waals surface area contributed by atoms with Crippen molar-refractivity contribution in [2.75, 3.05) is 13.2 Å². The molecule has 0 radical (unpaired) electrons. The van der Waals surface area contributed by atoms with Crippen LogP contribution in [0.15, 0.2) is 0 Å². The lowest BCUT2D eigenvalue weighted by Crippen LogP contribution is -2.14. The number of rotatable bonds is 7. The normalized spacial score (nSPS) is 22.9. The summed E-state index contributed by atoms with van der Waals surface area (Å²) in [4.78, 5) is 11.2. The third-order valence-corrected chi connectivity index (χ3v) is 3.16. The number of hydrogen-bond donors (Lipinski definition) is 1. The van der Waals surface area contributed by atoms with E-state index in [1.807, 2.05) is 0 Å². The van der Waals surface area contributed by atoms with Crippen LogP contribution < -0.4 is 0 Å². The van der Waals surface area contributed by atoms with Crippen LogP contribution in [-0.2, 0) is 9.53 Å². The minimum absolute atomic E-state index is 0.0522. The summed E-state index contributed by atoms with van der Waals surface area (Å²) in [5, 5.41) is 8.82. The molecule has 0 saturated carbocycles. The van der Waals surface area contributed by atoms with Crippen molar-refractivity contribution in [3.63, 3.8) is 0 Å². The molecule has 2 unspecified atom stereocenters. The summed E-state index contributed by atoms with van der Waals surface area (Å²) in [6.45, 7) is 2.63. The summed E-state index contributed by atoms with van der Waals surface area (Å²) >= 11 is 0. The third-order valence-electron chi connectivity index (χ3n) is 3.16. The van der Waals surface area contributed by atoms with Crippen molar-refractivity contribution in [3.05, 3.63) is 0 Å². The van der Waals surface area contributed by atoms with Crippen LogP contribution in [0.1, 0.15) is 45.4 Å². The average molecular weight is 214 g/mol. The lowest BCUT2D eigenvalue weighted by atomic mass is 9.94. The first-order valence-corrected chi connectivity index (χ1v) is 5.97. The second-order valence-corrected chi connectivity index (χ2v) is 4.39. The fraction of sp³-hybridized carbons (Fsp3) is 0.917. The number of aliphatic hydroxyl groups is 1. The number of Topliss-reactive ketones (excluding diaryl/α,β-unsaturated/α-hetero) is 1. The van der Waals surface area contributed by atoms with E-state index in [1.54, 1.807) is 6.92 Å². The minimum atomic E-state index is 0.0522. The van der Waals surface area contributed by atoms with Gasteiger partial charge in [0.25, 0.3) is 0 Å². The molecule has 0 bridgehead atoms. The van der Waals surface area contributed by atoms with Crippen LogP contribution in [0.4, 0.5) is 0 Å². The smallest absolute Gasteiger partial charge is 0.132 e. The van der Waals surface area contributed by atoms with Gasteiger partial charge in [-0.25, -0.2) is 0 Å². The molecule has 1 N–H and O–H groups in total. The first kappa shape index (κ1) is 12.7. The molecule has 3 heteroatoms. The monoisotopic (exact) mass is 214 g/mol. The number of aliphatic hydroxyl groups excluding tert-OH is 1. The van der Waals surface area contributed by atoms with E-state index >= 15 is 0 Å². The maximum Gasteiger partial charge on any atom is 0.132 e. The molecule has 1 heterocycles. The summed E-state index contributed by atoms with van der Waals surface area (Å²) in [5.74, 6) is 0.257. The highest BCUT2D eigenvalue weighted by Gasteiger charge is 2.17. The second-order valence-electron chi connectivity index (χ2n) is 4.39. The van der Waals surface area contributed by atoms with Gasteiger partial charge in [0.1, 0.15) is 5.78 Å². The maximum absolute atomic E-state index is 11.2. The van der Waals surface area contributed by atoms with Gasteiger partial charge in [0, 0.05) is 19.1 Å². The Morgan fingerprint density at radius 2 is 2.33 bits per heavy atom. The maximum atomic E-state index is 11.2. The van der Waals surface area contributed by atoms with Crippen LogP contribution in [0.3, 0.4) is 0 Å². The highest BCUT2D eigenvalue weighted by atomic mass is 16.5. The quantitative estimate of drug-likeness (QED) is 0.704. The zero-order valence-electron chi connectivity index (χ0n) is 9.58. The Kier molecular flexibility index (Phi) is 5.88. The van der Waals surface area contributed by atoms with Crippen LogP contribution in [0, 0.1) is 5.92 Å². The van der Waals surface area contributed by atoms with E-state index in [-0.39, 0.29) is 18.3 Å². The number of ketones is 1. The van der Waals surface area contributed by atoms with Gasteiger partial charge in [-0.15, -0.1) is 0 Å². The van der Waals surface area contributed by atoms with Gasteiger partial charge >= 0.3 is 0 Å². The molecule has 1 saturated heterocycles. The van der Waals surface area contributed by atoms with E-state index in [4.69, 9.17) is 9.84 Å². The van der Waals surface area contributed by atoms with E-state index in [0.29, 0.717) is 12.5 Å². The Morgan fingerprint density at radius 1 is 1.53 bits per heavy atom. The van der Waals surface area contributed by atoms with E-state index in [1.165, 1.54) is 12.8 Å². The van der Waals surface area contributed by atoms with E-state index < -0.39 is 0 Å². The Hall–Kier alpha value is -0.410. The van der Waals surface area contributed by atoms with E-state index in [2.05, 4.69) is 0 Å². The van der Waals surface area contributed by atoms with Gasteiger partial charge in [-0.1, -0.05) is 6.42 Å². The summed E-state index contributed by atoms with van der Waals surface area (Å²) in [5.41, 5.74) is 0. The van der Waals surface area contributed by atoms with Gasteiger partial charge in [-0.05, 0) is 39.0 Å². The molecule has 0 aromatic rings. The number of ether oxygens (including phenoxy) is 1. The van der Waals surface area contributed by atoms with Crippen molar-refractivity contribution in [2.45, 2.75) is 51.6 Å². The molecule has 0 aliphatic carbocycles. The Morgan fingerprint density at radius 3 is 2.87 bits per heavy atom. The van der Waals surface area contributed by atoms with Crippen LogP contribution in [-0.4, -0.2) is 30.2 Å². The lowest BCUT2D eigenvalue weighted by Gasteiger charge is -2.13. The molecule has 15 heavy (non-hydrogen) atoms. The molecule has 1 fully saturated rings. The zero-order valence-corrected chi connectivity index (χ0v) is 9.58. The molecule has 0 aromatic heterocycles. The van der Waals surface area contributed by atoms with Crippen LogP contribution in [0.2, 0.25) is 0 Å². The summed E-state index contributed by atoms with van der Waals surface area (Å²) in [6, 6.07) is 0. The number of carbonyl (C=O) groups is 1. The van der Waals surface area contributed by atoms with E-state index in [0.717, 1.165) is 25.9 Å². The van der Waals surface area contributed by atoms with Crippen LogP contribution in [0.25, 0.3) is 0 Å². The Labute approximate surface area is 91.8 Å². The van der Waals surface area contributed by atoms with E-state index in [9.17, 15) is 4.79 Å². The second kappa shape index (κ2) is 6.96. The summed E-state index contributed by atoms with van der Waals surface area (Å²) in [6.07, 6.45) is 6.38. The molecule has 3 nitrogen and oxygen atoms in total. The fourth-order valence-corrected chi connectivity index (χ4v) is 2.17. The summed E-state index contributed by atoms with van der Waals surface area (Å²) in [7, 11) is 0. The first-order valence-electron chi connectivity index (χ1n) is 5.97. The molecule has 0 amide bonds. The van der Waals surface area contributed by atoms with Gasteiger partial charge in [0.05, 0.1) is 6.10 Å². The SMILES string of the molecule is CC(=O)C(CCO)CCCC1CCCO1.